The molecule has 1 rings (SSSR count). The Kier molecular flexibility index (Phi) is 4.69. The molecule has 0 saturated heterocycles. The molecular formula is C12H21N3O2. The summed E-state index contributed by atoms with van der Waals surface area (Å²) in [5.74, 6) is 1.36. The smallest absolute Gasteiger partial charge is 0.237 e. The van der Waals surface area contributed by atoms with Crippen LogP contribution in [-0.2, 0) is 4.79 Å². The molecule has 0 radical (unpaired) electrons. The maximum absolute atomic E-state index is 11.7. The second kappa shape index (κ2) is 5.82. The molecule has 2 N–H and O–H groups in total. The molecule has 0 aliphatic rings. The molecule has 1 amide bonds. The minimum absolute atomic E-state index is 0.0184. The molecule has 2 unspecified atom stereocenters. The van der Waals surface area contributed by atoms with Crippen LogP contribution >= 0.6 is 0 Å². The Morgan fingerprint density at radius 3 is 2.47 bits per heavy atom. The molecule has 0 aromatic carbocycles. The van der Waals surface area contributed by atoms with Crippen LogP contribution in [0, 0.1) is 6.92 Å². The number of nitrogens with one attached hydrogen (secondary N) is 2. The van der Waals surface area contributed by atoms with Gasteiger partial charge in [0, 0.05) is 6.04 Å². The molecule has 2 atom stereocenters. The van der Waals surface area contributed by atoms with Crippen LogP contribution < -0.4 is 10.6 Å². The first-order valence-electron chi connectivity index (χ1n) is 5.89. The van der Waals surface area contributed by atoms with E-state index < -0.39 is 0 Å². The predicted octanol–water partition coefficient (Wildman–Crippen LogP) is 1.55. The minimum Gasteiger partial charge on any atom is -0.444 e. The quantitative estimate of drug-likeness (QED) is 0.818. The lowest BCUT2D eigenvalue weighted by Gasteiger charge is -2.18. The summed E-state index contributed by atoms with van der Waals surface area (Å²) >= 11 is 0. The van der Waals surface area contributed by atoms with Crippen LogP contribution in [0.3, 0.4) is 0 Å². The average molecular weight is 239 g/mol. The molecule has 5 nitrogen and oxygen atoms in total. The zero-order valence-corrected chi connectivity index (χ0v) is 11.1. The summed E-state index contributed by atoms with van der Waals surface area (Å²) in [6, 6.07) is -0.220. The highest BCUT2D eigenvalue weighted by molar-refractivity contribution is 5.81. The molecule has 1 heterocycles. The van der Waals surface area contributed by atoms with Crippen LogP contribution in [0.25, 0.3) is 0 Å². The van der Waals surface area contributed by atoms with Crippen molar-refractivity contribution in [2.45, 2.75) is 52.7 Å². The number of oxazole rings is 1. The lowest BCUT2D eigenvalue weighted by atomic mass is 10.2. The van der Waals surface area contributed by atoms with Gasteiger partial charge in [-0.2, -0.15) is 0 Å². The van der Waals surface area contributed by atoms with Crippen LogP contribution in [0.1, 0.15) is 45.4 Å². The monoisotopic (exact) mass is 239 g/mol. The van der Waals surface area contributed by atoms with Crippen LogP contribution in [0.4, 0.5) is 0 Å². The SMILES string of the molecule is Cc1cnc(C(C)NC(C)C(=O)NC(C)C)o1. The topological polar surface area (TPSA) is 67.2 Å². The molecule has 0 bridgehead atoms. The third kappa shape index (κ3) is 4.19. The minimum atomic E-state index is -0.278. The fourth-order valence-corrected chi connectivity index (χ4v) is 1.50. The van der Waals surface area contributed by atoms with Crippen LogP contribution in [0.15, 0.2) is 10.6 Å². The summed E-state index contributed by atoms with van der Waals surface area (Å²) in [6.07, 6.45) is 1.67. The normalized spacial score (nSPS) is 14.7. The van der Waals surface area contributed by atoms with Crippen LogP contribution in [0.2, 0.25) is 0 Å². The summed E-state index contributed by atoms with van der Waals surface area (Å²) in [5, 5.41) is 6.00. The Morgan fingerprint density at radius 1 is 1.35 bits per heavy atom. The van der Waals surface area contributed by atoms with Gasteiger partial charge in [-0.15, -0.1) is 0 Å². The molecule has 0 saturated carbocycles. The molecule has 0 aliphatic carbocycles. The summed E-state index contributed by atoms with van der Waals surface area (Å²) in [4.78, 5) is 15.8. The molecule has 0 fully saturated rings. The van der Waals surface area contributed by atoms with Gasteiger partial charge in [-0.05, 0) is 34.6 Å². The van der Waals surface area contributed by atoms with E-state index >= 15 is 0 Å². The van der Waals surface area contributed by atoms with Gasteiger partial charge in [0.25, 0.3) is 0 Å². The average Bonchev–Trinajstić information content (AvgIpc) is 2.63. The number of nitrogens with zero attached hydrogens (tertiary/aromatic N) is 1. The highest BCUT2D eigenvalue weighted by atomic mass is 16.4. The highest BCUT2D eigenvalue weighted by Gasteiger charge is 2.19. The molecule has 1 aromatic heterocycles. The van der Waals surface area contributed by atoms with Crippen molar-refractivity contribution in [3.8, 4) is 0 Å². The van der Waals surface area contributed by atoms with E-state index in [0.29, 0.717) is 5.89 Å². The molecule has 5 heteroatoms. The molecule has 0 spiro atoms. The molecule has 1 aromatic rings. The Hall–Kier alpha value is -1.36. The van der Waals surface area contributed by atoms with E-state index in [1.54, 1.807) is 6.20 Å². The van der Waals surface area contributed by atoms with Gasteiger partial charge in [-0.1, -0.05) is 0 Å². The number of aromatic nitrogens is 1. The first kappa shape index (κ1) is 13.7. The van der Waals surface area contributed by atoms with E-state index in [0.717, 1.165) is 5.76 Å². The molecule has 17 heavy (non-hydrogen) atoms. The van der Waals surface area contributed by atoms with Gasteiger partial charge < -0.3 is 9.73 Å². The summed E-state index contributed by atoms with van der Waals surface area (Å²) in [7, 11) is 0. The van der Waals surface area contributed by atoms with Crippen molar-refractivity contribution in [3.63, 3.8) is 0 Å². The standard InChI is InChI=1S/C12H21N3O2/c1-7(2)14-11(16)9(4)15-10(5)12-13-6-8(3)17-12/h6-7,9-10,15H,1-5H3,(H,14,16). The number of rotatable bonds is 5. The zero-order chi connectivity index (χ0) is 13.0. The number of aryl methyl sites for hydroxylation is 1. The second-order valence-corrected chi connectivity index (χ2v) is 4.58. The van der Waals surface area contributed by atoms with Gasteiger partial charge in [0.05, 0.1) is 18.3 Å². The fourth-order valence-electron chi connectivity index (χ4n) is 1.50. The Bertz CT molecular complexity index is 374. The van der Waals surface area contributed by atoms with E-state index in [1.165, 1.54) is 0 Å². The van der Waals surface area contributed by atoms with Crippen molar-refractivity contribution >= 4 is 5.91 Å². The van der Waals surface area contributed by atoms with Crippen molar-refractivity contribution in [3.05, 3.63) is 17.8 Å². The van der Waals surface area contributed by atoms with Crippen molar-refractivity contribution in [1.29, 1.82) is 0 Å². The summed E-state index contributed by atoms with van der Waals surface area (Å²) in [6.45, 7) is 9.46. The summed E-state index contributed by atoms with van der Waals surface area (Å²) < 4.78 is 5.40. The molecule has 0 aliphatic heterocycles. The summed E-state index contributed by atoms with van der Waals surface area (Å²) in [5.41, 5.74) is 0. The van der Waals surface area contributed by atoms with Crippen LogP contribution in [-0.4, -0.2) is 23.0 Å². The fraction of sp³-hybridized carbons (Fsp3) is 0.667. The predicted molar refractivity (Wildman–Crippen MR) is 65.5 cm³/mol. The van der Waals surface area contributed by atoms with Crippen molar-refractivity contribution in [1.82, 2.24) is 15.6 Å². The van der Waals surface area contributed by atoms with E-state index in [4.69, 9.17) is 4.42 Å². The van der Waals surface area contributed by atoms with E-state index in [-0.39, 0.29) is 24.0 Å². The molecule has 96 valence electrons. The highest BCUT2D eigenvalue weighted by Crippen LogP contribution is 2.12. The number of hydrogen-bond acceptors (Lipinski definition) is 4. The van der Waals surface area contributed by atoms with Gasteiger partial charge in [0.2, 0.25) is 11.8 Å². The first-order valence-corrected chi connectivity index (χ1v) is 5.89. The zero-order valence-electron chi connectivity index (χ0n) is 11.1. The Morgan fingerprint density at radius 2 is 2.00 bits per heavy atom. The van der Waals surface area contributed by atoms with E-state index in [2.05, 4.69) is 15.6 Å². The van der Waals surface area contributed by atoms with Gasteiger partial charge in [0.15, 0.2) is 0 Å². The third-order valence-electron chi connectivity index (χ3n) is 2.33. The van der Waals surface area contributed by atoms with Gasteiger partial charge in [-0.25, -0.2) is 4.98 Å². The number of amides is 1. The number of carbonyl (C=O) groups is 1. The van der Waals surface area contributed by atoms with Crippen molar-refractivity contribution in [2.24, 2.45) is 0 Å². The first-order chi connectivity index (χ1) is 7.90. The number of hydrogen-bond donors (Lipinski definition) is 2. The van der Waals surface area contributed by atoms with Gasteiger partial charge >= 0.3 is 0 Å². The largest absolute Gasteiger partial charge is 0.444 e. The van der Waals surface area contributed by atoms with E-state index in [9.17, 15) is 4.79 Å². The third-order valence-corrected chi connectivity index (χ3v) is 2.33. The lowest BCUT2D eigenvalue weighted by Crippen LogP contribution is -2.45. The maximum Gasteiger partial charge on any atom is 0.237 e. The van der Waals surface area contributed by atoms with E-state index in [1.807, 2.05) is 34.6 Å². The maximum atomic E-state index is 11.7. The lowest BCUT2D eigenvalue weighted by molar-refractivity contribution is -0.123. The Balaban J connectivity index is 2.51. The Labute approximate surface area is 102 Å². The van der Waals surface area contributed by atoms with Crippen molar-refractivity contribution in [2.75, 3.05) is 0 Å². The van der Waals surface area contributed by atoms with Crippen molar-refractivity contribution < 1.29 is 9.21 Å². The second-order valence-electron chi connectivity index (χ2n) is 4.58. The number of carbonyl (C=O) groups excluding carboxylic acids is 1. The molecular weight excluding hydrogens is 218 g/mol. The van der Waals surface area contributed by atoms with Gasteiger partial charge in [0.1, 0.15) is 5.76 Å². The van der Waals surface area contributed by atoms with Crippen LogP contribution in [0.5, 0.6) is 0 Å². The van der Waals surface area contributed by atoms with Gasteiger partial charge in [-0.3, -0.25) is 10.1 Å².